The van der Waals surface area contributed by atoms with Gasteiger partial charge in [-0.1, -0.05) is 18.2 Å². The number of fused-ring (bicyclic) bond motifs is 1. The summed E-state index contributed by atoms with van der Waals surface area (Å²) in [6.45, 7) is 0.654. The molecule has 1 aliphatic heterocycles. The van der Waals surface area contributed by atoms with Crippen molar-refractivity contribution in [3.05, 3.63) is 54.6 Å². The summed E-state index contributed by atoms with van der Waals surface area (Å²) in [4.78, 5) is 11.8. The van der Waals surface area contributed by atoms with Gasteiger partial charge in [-0.15, -0.1) is 0 Å². The molecule has 100 valence electrons. The van der Waals surface area contributed by atoms with Crippen molar-refractivity contribution in [3.63, 3.8) is 0 Å². The Hall–Kier alpha value is -2.56. The third-order valence-electron chi connectivity index (χ3n) is 3.63. The molecule has 0 amide bonds. The largest absolute Gasteiger partial charge is 0.491 e. The predicted octanol–water partition coefficient (Wildman–Crippen LogP) is 2.45. The lowest BCUT2D eigenvalue weighted by Crippen LogP contribution is -2.24. The highest BCUT2D eigenvalue weighted by atomic mass is 16.5. The quantitative estimate of drug-likeness (QED) is 0.775. The van der Waals surface area contributed by atoms with Gasteiger partial charge in [0, 0.05) is 31.2 Å². The average Bonchev–Trinajstić information content (AvgIpc) is 3.17. The maximum absolute atomic E-state index is 5.85. The van der Waals surface area contributed by atoms with Crippen LogP contribution < -0.4 is 4.74 Å². The van der Waals surface area contributed by atoms with Gasteiger partial charge in [0.2, 0.25) is 0 Å². The van der Waals surface area contributed by atoms with Gasteiger partial charge in [0.15, 0.2) is 11.6 Å². The first-order chi connectivity index (χ1) is 9.92. The number of H-pyrrole nitrogens is 1. The van der Waals surface area contributed by atoms with Gasteiger partial charge in [-0.3, -0.25) is 0 Å². The van der Waals surface area contributed by atoms with Gasteiger partial charge in [-0.2, -0.15) is 0 Å². The lowest BCUT2D eigenvalue weighted by molar-refractivity contribution is 0.225. The highest BCUT2D eigenvalue weighted by Gasteiger charge is 2.23. The summed E-state index contributed by atoms with van der Waals surface area (Å²) in [5, 5.41) is 0. The van der Waals surface area contributed by atoms with E-state index in [1.54, 1.807) is 18.6 Å². The molecule has 1 aliphatic rings. The van der Waals surface area contributed by atoms with E-state index in [1.807, 2.05) is 24.4 Å². The maximum atomic E-state index is 5.85. The Labute approximate surface area is 116 Å². The summed E-state index contributed by atoms with van der Waals surface area (Å²) in [5.41, 5.74) is 1.24. The second-order valence-corrected chi connectivity index (χ2v) is 4.87. The zero-order valence-electron chi connectivity index (χ0n) is 10.9. The fourth-order valence-electron chi connectivity index (χ4n) is 2.67. The molecule has 0 bridgehead atoms. The van der Waals surface area contributed by atoms with E-state index < -0.39 is 0 Å². The Morgan fingerprint density at radius 2 is 2.15 bits per heavy atom. The SMILES string of the molecule is c1ccc2c(c1)C[C@H](n1ccnc1-c1ncc[nH]1)CO2. The van der Waals surface area contributed by atoms with Gasteiger partial charge in [0.1, 0.15) is 12.4 Å². The van der Waals surface area contributed by atoms with Crippen LogP contribution in [0.1, 0.15) is 11.6 Å². The molecular formula is C15H14N4O. The van der Waals surface area contributed by atoms with Crippen molar-refractivity contribution >= 4 is 0 Å². The normalized spacial score (nSPS) is 17.5. The summed E-state index contributed by atoms with van der Waals surface area (Å²) in [6, 6.07) is 8.43. The molecule has 0 fully saturated rings. The molecule has 5 heteroatoms. The molecular weight excluding hydrogens is 252 g/mol. The van der Waals surface area contributed by atoms with Crippen LogP contribution in [0.25, 0.3) is 11.6 Å². The van der Waals surface area contributed by atoms with Gasteiger partial charge in [0.05, 0.1) is 6.04 Å². The number of para-hydroxylation sites is 1. The standard InChI is InChI=1S/C15H14N4O/c1-2-4-13-11(3-1)9-12(10-20-13)19-8-7-18-15(19)14-16-5-6-17-14/h1-8,12H,9-10H2,(H,16,17)/t12-/m0/s1. The van der Waals surface area contributed by atoms with E-state index in [0.717, 1.165) is 23.8 Å². The maximum Gasteiger partial charge on any atom is 0.176 e. The van der Waals surface area contributed by atoms with Crippen molar-refractivity contribution in [3.8, 4) is 17.4 Å². The molecule has 0 unspecified atom stereocenters. The van der Waals surface area contributed by atoms with Gasteiger partial charge in [-0.05, 0) is 11.6 Å². The minimum absolute atomic E-state index is 0.243. The minimum atomic E-state index is 0.243. The number of hydrogen-bond donors (Lipinski definition) is 1. The van der Waals surface area contributed by atoms with Crippen LogP contribution in [-0.2, 0) is 6.42 Å². The molecule has 0 spiro atoms. The second-order valence-electron chi connectivity index (χ2n) is 4.87. The van der Waals surface area contributed by atoms with Crippen molar-refractivity contribution in [2.24, 2.45) is 0 Å². The fourth-order valence-corrected chi connectivity index (χ4v) is 2.67. The fraction of sp³-hybridized carbons (Fsp3) is 0.200. The molecule has 1 aromatic carbocycles. The molecule has 0 saturated heterocycles. The number of nitrogens with one attached hydrogen (secondary N) is 1. The van der Waals surface area contributed by atoms with Crippen LogP contribution in [0.3, 0.4) is 0 Å². The molecule has 1 N–H and O–H groups in total. The Balaban J connectivity index is 1.69. The Kier molecular flexibility index (Phi) is 2.55. The molecule has 0 saturated carbocycles. The number of nitrogens with zero attached hydrogens (tertiary/aromatic N) is 3. The highest BCUT2D eigenvalue weighted by molar-refractivity contribution is 5.44. The van der Waals surface area contributed by atoms with Crippen LogP contribution in [0, 0.1) is 0 Å². The van der Waals surface area contributed by atoms with E-state index in [9.17, 15) is 0 Å². The Bertz CT molecular complexity index is 717. The summed E-state index contributed by atoms with van der Waals surface area (Å²) in [6.07, 6.45) is 8.28. The van der Waals surface area contributed by atoms with Crippen molar-refractivity contribution in [2.75, 3.05) is 6.61 Å². The number of aromatic amines is 1. The van der Waals surface area contributed by atoms with Crippen LogP contribution in [0.2, 0.25) is 0 Å². The monoisotopic (exact) mass is 266 g/mol. The predicted molar refractivity (Wildman–Crippen MR) is 74.5 cm³/mol. The van der Waals surface area contributed by atoms with Crippen LogP contribution in [0.5, 0.6) is 5.75 Å². The number of imidazole rings is 2. The topological polar surface area (TPSA) is 55.7 Å². The van der Waals surface area contributed by atoms with Gasteiger partial charge in [0.25, 0.3) is 0 Å². The highest BCUT2D eigenvalue weighted by Crippen LogP contribution is 2.30. The number of rotatable bonds is 2. The Morgan fingerprint density at radius 1 is 1.20 bits per heavy atom. The number of hydrogen-bond acceptors (Lipinski definition) is 3. The molecule has 3 aromatic rings. The zero-order chi connectivity index (χ0) is 13.4. The molecule has 4 rings (SSSR count). The molecule has 0 aliphatic carbocycles. The smallest absolute Gasteiger partial charge is 0.176 e. The van der Waals surface area contributed by atoms with Crippen LogP contribution in [-0.4, -0.2) is 26.1 Å². The molecule has 0 radical (unpaired) electrons. The minimum Gasteiger partial charge on any atom is -0.491 e. The lowest BCUT2D eigenvalue weighted by Gasteiger charge is -2.27. The van der Waals surface area contributed by atoms with Gasteiger partial charge in [-0.25, -0.2) is 9.97 Å². The van der Waals surface area contributed by atoms with Crippen LogP contribution >= 0.6 is 0 Å². The third-order valence-corrected chi connectivity index (χ3v) is 3.63. The molecule has 5 nitrogen and oxygen atoms in total. The summed E-state index contributed by atoms with van der Waals surface area (Å²) < 4.78 is 7.99. The molecule has 20 heavy (non-hydrogen) atoms. The van der Waals surface area contributed by atoms with E-state index in [2.05, 4.69) is 25.6 Å². The van der Waals surface area contributed by atoms with Crippen molar-refractivity contribution < 1.29 is 4.74 Å². The second kappa shape index (κ2) is 4.52. The first kappa shape index (κ1) is 11.3. The lowest BCUT2D eigenvalue weighted by atomic mass is 10.0. The van der Waals surface area contributed by atoms with Gasteiger partial charge >= 0.3 is 0 Å². The van der Waals surface area contributed by atoms with Crippen molar-refractivity contribution in [2.45, 2.75) is 12.5 Å². The van der Waals surface area contributed by atoms with E-state index >= 15 is 0 Å². The van der Waals surface area contributed by atoms with Crippen LogP contribution in [0.4, 0.5) is 0 Å². The zero-order valence-corrected chi connectivity index (χ0v) is 10.9. The molecule has 2 aromatic heterocycles. The van der Waals surface area contributed by atoms with Crippen molar-refractivity contribution in [1.82, 2.24) is 19.5 Å². The number of ether oxygens (including phenoxy) is 1. The Morgan fingerprint density at radius 3 is 3.05 bits per heavy atom. The molecule has 3 heterocycles. The first-order valence-corrected chi connectivity index (χ1v) is 6.65. The third kappa shape index (κ3) is 1.79. The summed E-state index contributed by atoms with van der Waals surface area (Å²) >= 11 is 0. The van der Waals surface area contributed by atoms with E-state index in [1.165, 1.54) is 5.56 Å². The number of benzene rings is 1. The van der Waals surface area contributed by atoms with Crippen LogP contribution in [0.15, 0.2) is 49.1 Å². The first-order valence-electron chi connectivity index (χ1n) is 6.65. The molecule has 1 atom stereocenters. The van der Waals surface area contributed by atoms with Gasteiger partial charge < -0.3 is 14.3 Å². The van der Waals surface area contributed by atoms with E-state index in [0.29, 0.717) is 6.61 Å². The van der Waals surface area contributed by atoms with Crippen molar-refractivity contribution in [1.29, 1.82) is 0 Å². The summed E-state index contributed by atoms with van der Waals surface area (Å²) in [7, 11) is 0. The number of aromatic nitrogens is 4. The van der Waals surface area contributed by atoms with E-state index in [4.69, 9.17) is 4.74 Å². The summed E-state index contributed by atoms with van der Waals surface area (Å²) in [5.74, 6) is 2.63. The average molecular weight is 266 g/mol. The van der Waals surface area contributed by atoms with E-state index in [-0.39, 0.29) is 6.04 Å².